The first-order valence-corrected chi connectivity index (χ1v) is 6.16. The van der Waals surface area contributed by atoms with Crippen LogP contribution in [0.4, 0.5) is 0 Å². The Morgan fingerprint density at radius 2 is 2.22 bits per heavy atom. The molecule has 1 rings (SSSR count). The highest BCUT2D eigenvalue weighted by Crippen LogP contribution is 2.22. The summed E-state index contributed by atoms with van der Waals surface area (Å²) in [7, 11) is 0. The molecule has 1 aliphatic heterocycles. The molecule has 1 aliphatic rings. The second-order valence-electron chi connectivity index (χ2n) is 4.39. The van der Waals surface area contributed by atoms with Crippen LogP contribution in [-0.4, -0.2) is 29.8 Å². The molecule has 0 atom stereocenters. The third-order valence-corrected chi connectivity index (χ3v) is 3.00. The minimum atomic E-state index is -0.234. The number of amides is 2. The Morgan fingerprint density at radius 3 is 2.78 bits per heavy atom. The first kappa shape index (κ1) is 14.3. The van der Waals surface area contributed by atoms with Gasteiger partial charge >= 0.3 is 0 Å². The van der Waals surface area contributed by atoms with Gasteiger partial charge in [0.15, 0.2) is 0 Å². The van der Waals surface area contributed by atoms with Gasteiger partial charge in [0.1, 0.15) is 0 Å². The number of rotatable bonds is 6. The van der Waals surface area contributed by atoms with Crippen molar-refractivity contribution in [2.24, 2.45) is 5.11 Å². The van der Waals surface area contributed by atoms with E-state index in [1.165, 1.54) is 4.90 Å². The second-order valence-corrected chi connectivity index (χ2v) is 4.39. The monoisotopic (exact) mass is 250 g/mol. The molecule has 1 saturated heterocycles. The van der Waals surface area contributed by atoms with Crippen molar-refractivity contribution in [1.82, 2.24) is 4.90 Å². The van der Waals surface area contributed by atoms with Gasteiger partial charge in [0.25, 0.3) is 5.91 Å². The highest BCUT2D eigenvalue weighted by molar-refractivity contribution is 6.11. The van der Waals surface area contributed by atoms with Gasteiger partial charge in [0.2, 0.25) is 5.91 Å². The molecule has 6 heteroatoms. The SMILES string of the molecule is CCCCCC(=O)N1C/C(=C(\C)CN=[N+]=[N-])C1=O. The molecule has 0 unspecified atom stereocenters. The molecule has 1 heterocycles. The number of nitrogens with zero attached hydrogens (tertiary/aromatic N) is 4. The number of likely N-dealkylation sites (tertiary alicyclic amines) is 1. The average Bonchev–Trinajstić information content (AvgIpc) is 2.35. The Morgan fingerprint density at radius 1 is 1.50 bits per heavy atom. The minimum Gasteiger partial charge on any atom is -0.274 e. The Labute approximate surface area is 106 Å². The molecule has 1 fully saturated rings. The van der Waals surface area contributed by atoms with Crippen LogP contribution in [0.15, 0.2) is 16.3 Å². The van der Waals surface area contributed by atoms with Crippen LogP contribution in [0.25, 0.3) is 10.4 Å². The Balaban J connectivity index is 2.49. The summed E-state index contributed by atoms with van der Waals surface area (Å²) in [6.07, 6.45) is 3.32. The predicted octanol–water partition coefficient (Wildman–Crippen LogP) is 2.56. The molecule has 2 amide bonds. The standard InChI is InChI=1S/C12H18N4O2/c1-3-4-5-6-11(17)16-8-10(12(16)18)9(2)7-14-15-13/h3-8H2,1-2H3/b10-9-. The lowest BCUT2D eigenvalue weighted by atomic mass is 9.99. The fourth-order valence-corrected chi connectivity index (χ4v) is 1.78. The van der Waals surface area contributed by atoms with Crippen LogP contribution in [0.5, 0.6) is 0 Å². The molecule has 0 bridgehead atoms. The largest absolute Gasteiger partial charge is 0.274 e. The van der Waals surface area contributed by atoms with E-state index in [0.29, 0.717) is 18.5 Å². The van der Waals surface area contributed by atoms with Crippen molar-refractivity contribution in [3.05, 3.63) is 21.6 Å². The molecule has 0 aromatic rings. The minimum absolute atomic E-state index is 0.103. The molecular weight excluding hydrogens is 232 g/mol. The molecule has 0 aromatic heterocycles. The van der Waals surface area contributed by atoms with E-state index in [1.54, 1.807) is 6.92 Å². The maximum atomic E-state index is 11.8. The van der Waals surface area contributed by atoms with Crippen LogP contribution in [0, 0.1) is 0 Å². The summed E-state index contributed by atoms with van der Waals surface area (Å²) in [5, 5.41) is 3.41. The van der Waals surface area contributed by atoms with Crippen molar-refractivity contribution in [3.8, 4) is 0 Å². The molecule has 0 saturated carbocycles. The number of carbonyl (C=O) groups is 2. The van der Waals surface area contributed by atoms with Crippen molar-refractivity contribution < 1.29 is 9.59 Å². The normalized spacial score (nSPS) is 17.0. The number of carbonyl (C=O) groups excluding carboxylic acids is 2. The van der Waals surface area contributed by atoms with Gasteiger partial charge in [-0.1, -0.05) is 30.5 Å². The van der Waals surface area contributed by atoms with E-state index < -0.39 is 0 Å². The van der Waals surface area contributed by atoms with Crippen molar-refractivity contribution in [1.29, 1.82) is 0 Å². The van der Waals surface area contributed by atoms with Crippen molar-refractivity contribution >= 4 is 11.8 Å². The summed E-state index contributed by atoms with van der Waals surface area (Å²) < 4.78 is 0. The lowest BCUT2D eigenvalue weighted by Gasteiger charge is -2.32. The van der Waals surface area contributed by atoms with Gasteiger partial charge < -0.3 is 0 Å². The first-order valence-electron chi connectivity index (χ1n) is 6.16. The van der Waals surface area contributed by atoms with Crippen molar-refractivity contribution in [2.75, 3.05) is 13.1 Å². The average molecular weight is 250 g/mol. The maximum Gasteiger partial charge on any atom is 0.258 e. The summed E-state index contributed by atoms with van der Waals surface area (Å²) in [5.74, 6) is -0.337. The molecule has 18 heavy (non-hydrogen) atoms. The zero-order chi connectivity index (χ0) is 13.5. The van der Waals surface area contributed by atoms with E-state index in [-0.39, 0.29) is 18.4 Å². The number of hydrogen-bond acceptors (Lipinski definition) is 3. The summed E-state index contributed by atoms with van der Waals surface area (Å²) in [6, 6.07) is 0. The smallest absolute Gasteiger partial charge is 0.258 e. The summed E-state index contributed by atoms with van der Waals surface area (Å²) in [6.45, 7) is 4.37. The first-order chi connectivity index (χ1) is 8.61. The van der Waals surface area contributed by atoms with E-state index >= 15 is 0 Å². The fraction of sp³-hybridized carbons (Fsp3) is 0.667. The third kappa shape index (κ3) is 3.34. The number of imide groups is 1. The number of azide groups is 1. The summed E-state index contributed by atoms with van der Waals surface area (Å²) in [5.41, 5.74) is 9.55. The quantitative estimate of drug-likeness (QED) is 0.181. The van der Waals surface area contributed by atoms with E-state index in [1.807, 2.05) is 0 Å². The second kappa shape index (κ2) is 6.81. The van der Waals surface area contributed by atoms with Crippen LogP contribution in [0.2, 0.25) is 0 Å². The van der Waals surface area contributed by atoms with Gasteiger partial charge in [-0.05, 0) is 18.9 Å². The van der Waals surface area contributed by atoms with Crippen LogP contribution in [-0.2, 0) is 9.59 Å². The van der Waals surface area contributed by atoms with E-state index in [4.69, 9.17) is 5.53 Å². The highest BCUT2D eigenvalue weighted by atomic mass is 16.2. The Bertz CT molecular complexity index is 422. The molecule has 0 aliphatic carbocycles. The van der Waals surface area contributed by atoms with Crippen molar-refractivity contribution in [3.63, 3.8) is 0 Å². The van der Waals surface area contributed by atoms with Gasteiger partial charge in [-0.15, -0.1) is 0 Å². The zero-order valence-corrected chi connectivity index (χ0v) is 10.8. The Hall–Kier alpha value is -1.81. The van der Waals surface area contributed by atoms with Gasteiger partial charge in [-0.2, -0.15) is 0 Å². The highest BCUT2D eigenvalue weighted by Gasteiger charge is 2.35. The predicted molar refractivity (Wildman–Crippen MR) is 67.6 cm³/mol. The molecule has 6 nitrogen and oxygen atoms in total. The molecule has 0 radical (unpaired) electrons. The molecule has 98 valence electrons. The lowest BCUT2D eigenvalue weighted by Crippen LogP contribution is -2.50. The fourth-order valence-electron chi connectivity index (χ4n) is 1.78. The number of hydrogen-bond donors (Lipinski definition) is 0. The van der Waals surface area contributed by atoms with Crippen LogP contribution in [0.1, 0.15) is 39.5 Å². The third-order valence-electron chi connectivity index (χ3n) is 3.00. The van der Waals surface area contributed by atoms with Crippen molar-refractivity contribution in [2.45, 2.75) is 39.5 Å². The molecular formula is C12H18N4O2. The van der Waals surface area contributed by atoms with E-state index in [2.05, 4.69) is 16.9 Å². The van der Waals surface area contributed by atoms with E-state index in [9.17, 15) is 9.59 Å². The molecule has 0 spiro atoms. The maximum absolute atomic E-state index is 11.8. The van der Waals surface area contributed by atoms with E-state index in [0.717, 1.165) is 24.8 Å². The van der Waals surface area contributed by atoms with Gasteiger partial charge in [0.05, 0.1) is 6.54 Å². The summed E-state index contributed by atoms with van der Waals surface area (Å²) in [4.78, 5) is 27.4. The zero-order valence-electron chi connectivity index (χ0n) is 10.8. The van der Waals surface area contributed by atoms with Crippen LogP contribution < -0.4 is 0 Å². The van der Waals surface area contributed by atoms with Gasteiger partial charge in [-0.3, -0.25) is 14.5 Å². The van der Waals surface area contributed by atoms with Crippen LogP contribution in [0.3, 0.4) is 0 Å². The summed E-state index contributed by atoms with van der Waals surface area (Å²) >= 11 is 0. The molecule has 0 N–H and O–H groups in total. The lowest BCUT2D eigenvalue weighted by molar-refractivity contribution is -0.147. The molecule has 0 aromatic carbocycles. The Kier molecular flexibility index (Phi) is 5.39. The van der Waals surface area contributed by atoms with Crippen LogP contribution >= 0.6 is 0 Å². The topological polar surface area (TPSA) is 86.1 Å². The number of β-lactam (4-membered cyclic amide) rings is 1. The van der Waals surface area contributed by atoms with Gasteiger partial charge in [-0.25, -0.2) is 0 Å². The number of unbranched alkanes of at least 4 members (excludes halogenated alkanes) is 2. The van der Waals surface area contributed by atoms with Gasteiger partial charge in [0, 0.05) is 23.5 Å².